The fourth-order valence-electron chi connectivity index (χ4n) is 1.47. The quantitative estimate of drug-likeness (QED) is 0.612. The third-order valence-corrected chi connectivity index (χ3v) is 4.51. The van der Waals surface area contributed by atoms with Gasteiger partial charge in [0.1, 0.15) is 0 Å². The number of benzene rings is 1. The number of esters is 1. The highest BCUT2D eigenvalue weighted by Gasteiger charge is 2.15. The Hall–Kier alpha value is -1.01. The molecule has 0 saturated heterocycles. The van der Waals surface area contributed by atoms with Crippen LogP contribution in [0.2, 0.25) is 0 Å². The molecular weight excluding hydrogens is 272 g/mol. The summed E-state index contributed by atoms with van der Waals surface area (Å²) in [6.07, 6.45) is 1.25. The molecule has 0 saturated carbocycles. The Morgan fingerprint density at radius 3 is 2.56 bits per heavy atom. The summed E-state index contributed by atoms with van der Waals surface area (Å²) in [4.78, 5) is 12.2. The summed E-state index contributed by atoms with van der Waals surface area (Å²) in [5.41, 5.74) is 0.641. The minimum atomic E-state index is -3.29. The Balaban J connectivity index is 3.17. The van der Waals surface area contributed by atoms with E-state index in [-0.39, 0.29) is 17.3 Å². The van der Waals surface area contributed by atoms with Gasteiger partial charge in [0.15, 0.2) is 9.84 Å². The van der Waals surface area contributed by atoms with Crippen LogP contribution in [0.1, 0.15) is 12.5 Å². The Morgan fingerprint density at radius 2 is 2.06 bits per heavy atom. The normalized spacial score (nSPS) is 11.3. The van der Waals surface area contributed by atoms with E-state index < -0.39 is 9.84 Å². The number of thioether (sulfide) groups is 1. The molecule has 0 aromatic heterocycles. The molecule has 0 aliphatic carbocycles. The van der Waals surface area contributed by atoms with Crippen LogP contribution in [0.4, 0.5) is 0 Å². The second-order valence-corrected chi connectivity index (χ2v) is 7.03. The van der Waals surface area contributed by atoms with Gasteiger partial charge in [-0.2, -0.15) is 0 Å². The van der Waals surface area contributed by atoms with Gasteiger partial charge in [0.2, 0.25) is 0 Å². The average Bonchev–Trinajstić information content (AvgIpc) is 2.30. The molecule has 0 bridgehead atoms. The van der Waals surface area contributed by atoms with Gasteiger partial charge < -0.3 is 4.74 Å². The first-order valence-electron chi connectivity index (χ1n) is 5.41. The molecule has 0 spiro atoms. The highest BCUT2D eigenvalue weighted by atomic mass is 32.2. The van der Waals surface area contributed by atoms with Crippen LogP contribution >= 0.6 is 11.8 Å². The van der Waals surface area contributed by atoms with E-state index in [4.69, 9.17) is 0 Å². The molecule has 0 atom stereocenters. The van der Waals surface area contributed by atoms with Crippen LogP contribution in [0.5, 0.6) is 0 Å². The molecule has 1 aromatic carbocycles. The van der Waals surface area contributed by atoms with Gasteiger partial charge in [-0.15, -0.1) is 11.8 Å². The smallest absolute Gasteiger partial charge is 0.309 e. The Bertz CT molecular complexity index is 535. The summed E-state index contributed by atoms with van der Waals surface area (Å²) >= 11 is 1.47. The first-order valence-corrected chi connectivity index (χ1v) is 8.28. The maximum absolute atomic E-state index is 11.7. The van der Waals surface area contributed by atoms with Crippen LogP contribution in [0.15, 0.2) is 28.0 Å². The van der Waals surface area contributed by atoms with Crippen molar-refractivity contribution in [3.63, 3.8) is 0 Å². The first kappa shape index (κ1) is 15.0. The van der Waals surface area contributed by atoms with Crippen molar-refractivity contribution < 1.29 is 17.9 Å². The zero-order valence-electron chi connectivity index (χ0n) is 10.6. The first-order chi connectivity index (χ1) is 8.38. The molecule has 1 rings (SSSR count). The molecule has 6 heteroatoms. The molecule has 0 radical (unpaired) electrons. The zero-order valence-corrected chi connectivity index (χ0v) is 12.2. The molecule has 0 N–H and O–H groups in total. The van der Waals surface area contributed by atoms with E-state index in [2.05, 4.69) is 4.74 Å². The third kappa shape index (κ3) is 4.03. The second-order valence-electron chi connectivity index (χ2n) is 3.74. The Labute approximate surface area is 112 Å². The second kappa shape index (κ2) is 6.24. The fraction of sp³-hybridized carbons (Fsp3) is 0.417. The number of hydrogen-bond donors (Lipinski definition) is 0. The molecule has 0 aliphatic rings. The summed E-state index contributed by atoms with van der Waals surface area (Å²) in [5.74, 6) is 0.407. The number of ether oxygens (including phenoxy) is 1. The van der Waals surface area contributed by atoms with Gasteiger partial charge in [-0.05, 0) is 23.4 Å². The molecule has 18 heavy (non-hydrogen) atoms. The number of hydrogen-bond acceptors (Lipinski definition) is 5. The number of rotatable bonds is 5. The van der Waals surface area contributed by atoms with Crippen molar-refractivity contribution in [2.75, 3.05) is 19.1 Å². The van der Waals surface area contributed by atoms with E-state index in [0.717, 1.165) is 5.75 Å². The van der Waals surface area contributed by atoms with Crippen molar-refractivity contribution in [1.29, 1.82) is 0 Å². The lowest BCUT2D eigenvalue weighted by atomic mass is 10.1. The van der Waals surface area contributed by atoms with Crippen LogP contribution in [-0.2, 0) is 25.8 Å². The van der Waals surface area contributed by atoms with Crippen molar-refractivity contribution in [3.8, 4) is 0 Å². The standard InChI is InChI=1S/C12H16O4S2/c1-4-17-10-6-5-9(8-12(13)16-2)7-11(10)18(3,14)15/h5-7H,4,8H2,1-3H3. The topological polar surface area (TPSA) is 60.4 Å². The van der Waals surface area contributed by atoms with Crippen LogP contribution in [0, 0.1) is 0 Å². The predicted octanol–water partition coefficient (Wildman–Crippen LogP) is 1.92. The minimum Gasteiger partial charge on any atom is -0.469 e. The number of sulfone groups is 1. The number of carbonyl (C=O) groups is 1. The van der Waals surface area contributed by atoms with Crippen LogP contribution in [-0.4, -0.2) is 33.5 Å². The highest BCUT2D eigenvalue weighted by Crippen LogP contribution is 2.27. The largest absolute Gasteiger partial charge is 0.469 e. The highest BCUT2D eigenvalue weighted by molar-refractivity contribution is 8.00. The fourth-order valence-corrected chi connectivity index (χ4v) is 3.57. The maximum atomic E-state index is 11.7. The molecule has 0 aliphatic heterocycles. The number of methoxy groups -OCH3 is 1. The molecule has 0 fully saturated rings. The van der Waals surface area contributed by atoms with Gasteiger partial charge in [0, 0.05) is 11.2 Å². The molecule has 1 aromatic rings. The predicted molar refractivity (Wildman–Crippen MR) is 71.7 cm³/mol. The van der Waals surface area contributed by atoms with E-state index in [1.807, 2.05) is 6.92 Å². The van der Waals surface area contributed by atoms with Crippen LogP contribution < -0.4 is 0 Å². The van der Waals surface area contributed by atoms with E-state index in [1.54, 1.807) is 18.2 Å². The van der Waals surface area contributed by atoms with E-state index >= 15 is 0 Å². The summed E-state index contributed by atoms with van der Waals surface area (Å²) in [6, 6.07) is 5.04. The van der Waals surface area contributed by atoms with Crippen molar-refractivity contribution in [3.05, 3.63) is 23.8 Å². The molecular formula is C12H16O4S2. The average molecular weight is 288 g/mol. The van der Waals surface area contributed by atoms with E-state index in [1.165, 1.54) is 25.1 Å². The molecule has 0 unspecified atom stereocenters. The van der Waals surface area contributed by atoms with E-state index in [9.17, 15) is 13.2 Å². The lowest BCUT2D eigenvalue weighted by Gasteiger charge is -2.09. The zero-order chi connectivity index (χ0) is 13.8. The van der Waals surface area contributed by atoms with Gasteiger partial charge in [0.25, 0.3) is 0 Å². The monoisotopic (exact) mass is 288 g/mol. The van der Waals surface area contributed by atoms with Crippen molar-refractivity contribution in [2.24, 2.45) is 0 Å². The van der Waals surface area contributed by atoms with Gasteiger partial charge in [-0.3, -0.25) is 4.79 Å². The van der Waals surface area contributed by atoms with Crippen LogP contribution in [0.3, 0.4) is 0 Å². The number of carbonyl (C=O) groups excluding carboxylic acids is 1. The molecule has 4 nitrogen and oxygen atoms in total. The van der Waals surface area contributed by atoms with Gasteiger partial charge in [-0.1, -0.05) is 13.0 Å². The Kier molecular flexibility index (Phi) is 5.22. The Morgan fingerprint density at radius 1 is 1.39 bits per heavy atom. The summed E-state index contributed by atoms with van der Waals surface area (Å²) in [6.45, 7) is 1.96. The molecule has 100 valence electrons. The van der Waals surface area contributed by atoms with E-state index in [0.29, 0.717) is 10.5 Å². The van der Waals surface area contributed by atoms with Gasteiger partial charge in [0.05, 0.1) is 18.4 Å². The SMILES string of the molecule is CCSc1ccc(CC(=O)OC)cc1S(C)(=O)=O. The van der Waals surface area contributed by atoms with Crippen molar-refractivity contribution in [2.45, 2.75) is 23.1 Å². The summed E-state index contributed by atoms with van der Waals surface area (Å²) in [7, 11) is -1.99. The van der Waals surface area contributed by atoms with Crippen molar-refractivity contribution >= 4 is 27.6 Å². The third-order valence-electron chi connectivity index (χ3n) is 2.28. The van der Waals surface area contributed by atoms with Crippen LogP contribution in [0.25, 0.3) is 0 Å². The summed E-state index contributed by atoms with van der Waals surface area (Å²) in [5, 5.41) is 0. The van der Waals surface area contributed by atoms with Gasteiger partial charge >= 0.3 is 5.97 Å². The summed E-state index contributed by atoms with van der Waals surface area (Å²) < 4.78 is 28.0. The lowest BCUT2D eigenvalue weighted by Crippen LogP contribution is -2.06. The molecule has 0 amide bonds. The molecule has 0 heterocycles. The van der Waals surface area contributed by atoms with Gasteiger partial charge in [-0.25, -0.2) is 8.42 Å². The maximum Gasteiger partial charge on any atom is 0.309 e. The lowest BCUT2D eigenvalue weighted by molar-refractivity contribution is -0.139. The minimum absolute atomic E-state index is 0.0795. The van der Waals surface area contributed by atoms with Crippen molar-refractivity contribution in [1.82, 2.24) is 0 Å².